The second-order valence-electron chi connectivity index (χ2n) is 5.54. The molecular weight excluding hydrogens is 272 g/mol. The first-order valence-electron chi connectivity index (χ1n) is 7.35. The van der Waals surface area contributed by atoms with Gasteiger partial charge in [-0.3, -0.25) is 4.79 Å². The number of para-hydroxylation sites is 1. The van der Waals surface area contributed by atoms with Crippen molar-refractivity contribution in [3.63, 3.8) is 0 Å². The molecule has 1 aliphatic heterocycles. The van der Waals surface area contributed by atoms with Gasteiger partial charge < -0.3 is 4.74 Å². The lowest BCUT2D eigenvalue weighted by molar-refractivity contribution is 0.104. The van der Waals surface area contributed by atoms with Crippen LogP contribution in [0.3, 0.4) is 0 Å². The van der Waals surface area contributed by atoms with Gasteiger partial charge in [-0.1, -0.05) is 36.4 Å². The van der Waals surface area contributed by atoms with Crippen LogP contribution in [0, 0.1) is 13.8 Å². The molecule has 1 aliphatic rings. The standard InChI is InChI=1S/C20H18O2/c1-14-7-9-17(11-15(14)2)19(21)10-8-16-12-18-5-3-4-6-20(18)22-13-16/h3-12H,13H2,1-2H3/b10-8+. The fourth-order valence-electron chi connectivity index (χ4n) is 2.40. The Morgan fingerprint density at radius 3 is 2.73 bits per heavy atom. The summed E-state index contributed by atoms with van der Waals surface area (Å²) in [5, 5.41) is 0. The molecule has 2 heteroatoms. The van der Waals surface area contributed by atoms with Crippen LogP contribution < -0.4 is 4.74 Å². The van der Waals surface area contributed by atoms with Gasteiger partial charge >= 0.3 is 0 Å². The molecule has 110 valence electrons. The maximum Gasteiger partial charge on any atom is 0.185 e. The molecule has 0 aromatic heterocycles. The maximum atomic E-state index is 12.2. The Kier molecular flexibility index (Phi) is 3.92. The van der Waals surface area contributed by atoms with E-state index in [1.54, 1.807) is 6.08 Å². The van der Waals surface area contributed by atoms with Crippen molar-refractivity contribution < 1.29 is 9.53 Å². The summed E-state index contributed by atoms with van der Waals surface area (Å²) < 4.78 is 5.68. The summed E-state index contributed by atoms with van der Waals surface area (Å²) in [7, 11) is 0. The number of rotatable bonds is 3. The first-order valence-corrected chi connectivity index (χ1v) is 7.35. The molecule has 2 aromatic rings. The van der Waals surface area contributed by atoms with Gasteiger partial charge in [-0.2, -0.15) is 0 Å². The van der Waals surface area contributed by atoms with Crippen LogP contribution in [0.15, 0.2) is 60.2 Å². The highest BCUT2D eigenvalue weighted by atomic mass is 16.5. The zero-order valence-electron chi connectivity index (χ0n) is 12.8. The molecule has 3 rings (SSSR count). The van der Waals surface area contributed by atoms with Crippen molar-refractivity contribution in [2.75, 3.05) is 6.61 Å². The highest BCUT2D eigenvalue weighted by Gasteiger charge is 2.09. The summed E-state index contributed by atoms with van der Waals surface area (Å²) in [5.41, 5.74) is 5.09. The number of hydrogen-bond donors (Lipinski definition) is 0. The number of aryl methyl sites for hydroxylation is 2. The smallest absolute Gasteiger partial charge is 0.185 e. The van der Waals surface area contributed by atoms with Crippen molar-refractivity contribution in [2.24, 2.45) is 0 Å². The van der Waals surface area contributed by atoms with Crippen LogP contribution in [-0.4, -0.2) is 12.4 Å². The predicted molar refractivity (Wildman–Crippen MR) is 89.3 cm³/mol. The van der Waals surface area contributed by atoms with E-state index >= 15 is 0 Å². The van der Waals surface area contributed by atoms with Crippen LogP contribution in [0.2, 0.25) is 0 Å². The maximum absolute atomic E-state index is 12.2. The minimum Gasteiger partial charge on any atom is -0.488 e. The van der Waals surface area contributed by atoms with E-state index in [2.05, 4.69) is 6.08 Å². The molecule has 0 spiro atoms. The Balaban J connectivity index is 1.78. The molecule has 0 saturated carbocycles. The lowest BCUT2D eigenvalue weighted by atomic mass is 10.0. The summed E-state index contributed by atoms with van der Waals surface area (Å²) in [4.78, 5) is 12.2. The zero-order chi connectivity index (χ0) is 15.5. The Labute approximate surface area is 130 Å². The summed E-state index contributed by atoms with van der Waals surface area (Å²) in [6.07, 6.45) is 5.52. The van der Waals surface area contributed by atoms with Crippen molar-refractivity contribution >= 4 is 11.9 Å². The van der Waals surface area contributed by atoms with Gasteiger partial charge in [-0.15, -0.1) is 0 Å². The number of hydrogen-bond acceptors (Lipinski definition) is 2. The Hall–Kier alpha value is -2.61. The van der Waals surface area contributed by atoms with Crippen molar-refractivity contribution in [2.45, 2.75) is 13.8 Å². The molecule has 2 aromatic carbocycles. The van der Waals surface area contributed by atoms with E-state index < -0.39 is 0 Å². The highest BCUT2D eigenvalue weighted by molar-refractivity contribution is 6.05. The predicted octanol–water partition coefficient (Wildman–Crippen LogP) is 4.52. The van der Waals surface area contributed by atoms with Gasteiger partial charge in [0.05, 0.1) is 0 Å². The SMILES string of the molecule is Cc1ccc(C(=O)/C=C/C2=Cc3ccccc3OC2)cc1C. The fraction of sp³-hybridized carbons (Fsp3) is 0.150. The van der Waals surface area contributed by atoms with E-state index in [0.717, 1.165) is 28.0 Å². The van der Waals surface area contributed by atoms with Crippen LogP contribution in [-0.2, 0) is 0 Å². The monoisotopic (exact) mass is 290 g/mol. The summed E-state index contributed by atoms with van der Waals surface area (Å²) in [6.45, 7) is 4.55. The quantitative estimate of drug-likeness (QED) is 0.613. The van der Waals surface area contributed by atoms with Crippen LogP contribution >= 0.6 is 0 Å². The highest BCUT2D eigenvalue weighted by Crippen LogP contribution is 2.26. The molecule has 0 saturated heterocycles. The number of ketones is 1. The second kappa shape index (κ2) is 6.02. The lowest BCUT2D eigenvalue weighted by Crippen LogP contribution is -2.06. The average molecular weight is 290 g/mol. The molecule has 0 atom stereocenters. The molecule has 0 unspecified atom stereocenters. The van der Waals surface area contributed by atoms with E-state index in [0.29, 0.717) is 6.61 Å². The van der Waals surface area contributed by atoms with Gasteiger partial charge in [0.25, 0.3) is 0 Å². The number of benzene rings is 2. The number of ether oxygens (including phenoxy) is 1. The summed E-state index contributed by atoms with van der Waals surface area (Å²) in [5.74, 6) is 0.906. The number of carbonyl (C=O) groups is 1. The third-order valence-corrected chi connectivity index (χ3v) is 3.89. The number of fused-ring (bicyclic) bond motifs is 1. The van der Waals surface area contributed by atoms with E-state index in [1.165, 1.54) is 5.56 Å². The molecule has 1 heterocycles. The van der Waals surface area contributed by atoms with Crippen LogP contribution in [0.25, 0.3) is 6.08 Å². The topological polar surface area (TPSA) is 26.3 Å². The first-order chi connectivity index (χ1) is 10.6. The minimum absolute atomic E-state index is 0.0165. The van der Waals surface area contributed by atoms with E-state index in [1.807, 2.05) is 62.4 Å². The summed E-state index contributed by atoms with van der Waals surface area (Å²) in [6, 6.07) is 13.7. The first kappa shape index (κ1) is 14.3. The van der Waals surface area contributed by atoms with Crippen LogP contribution in [0.5, 0.6) is 5.75 Å². The largest absolute Gasteiger partial charge is 0.488 e. The second-order valence-corrected chi connectivity index (χ2v) is 5.54. The van der Waals surface area contributed by atoms with Gasteiger partial charge in [-0.25, -0.2) is 0 Å². The van der Waals surface area contributed by atoms with E-state index in [-0.39, 0.29) is 5.78 Å². The third-order valence-electron chi connectivity index (χ3n) is 3.89. The zero-order valence-corrected chi connectivity index (χ0v) is 12.8. The Morgan fingerprint density at radius 2 is 1.91 bits per heavy atom. The lowest BCUT2D eigenvalue weighted by Gasteiger charge is -2.15. The normalized spacial score (nSPS) is 13.5. The number of allylic oxidation sites excluding steroid dienone is 1. The Bertz CT molecular complexity index is 782. The molecule has 0 bridgehead atoms. The van der Waals surface area contributed by atoms with Crippen LogP contribution in [0.4, 0.5) is 0 Å². The van der Waals surface area contributed by atoms with E-state index in [4.69, 9.17) is 4.74 Å². The molecule has 2 nitrogen and oxygen atoms in total. The Morgan fingerprint density at radius 1 is 1.09 bits per heavy atom. The van der Waals surface area contributed by atoms with Gasteiger partial charge in [-0.05, 0) is 54.8 Å². The van der Waals surface area contributed by atoms with Crippen molar-refractivity contribution in [3.05, 3.63) is 82.4 Å². The molecular formula is C20H18O2. The summed E-state index contributed by atoms with van der Waals surface area (Å²) >= 11 is 0. The van der Waals surface area contributed by atoms with Gasteiger partial charge in [0.2, 0.25) is 0 Å². The van der Waals surface area contributed by atoms with Gasteiger partial charge in [0.15, 0.2) is 5.78 Å². The van der Waals surface area contributed by atoms with Crippen molar-refractivity contribution in [1.29, 1.82) is 0 Å². The van der Waals surface area contributed by atoms with Crippen LogP contribution in [0.1, 0.15) is 27.0 Å². The third kappa shape index (κ3) is 3.01. The molecule has 0 aliphatic carbocycles. The van der Waals surface area contributed by atoms with E-state index in [9.17, 15) is 4.79 Å². The molecule has 0 radical (unpaired) electrons. The molecule has 22 heavy (non-hydrogen) atoms. The average Bonchev–Trinajstić information content (AvgIpc) is 2.55. The number of carbonyl (C=O) groups excluding carboxylic acids is 1. The fourth-order valence-corrected chi connectivity index (χ4v) is 2.40. The molecule has 0 fully saturated rings. The van der Waals surface area contributed by atoms with Crippen molar-refractivity contribution in [1.82, 2.24) is 0 Å². The molecule has 0 amide bonds. The van der Waals surface area contributed by atoms with Gasteiger partial charge in [0.1, 0.15) is 12.4 Å². The van der Waals surface area contributed by atoms with Crippen molar-refractivity contribution in [3.8, 4) is 5.75 Å². The molecule has 0 N–H and O–H groups in total. The van der Waals surface area contributed by atoms with Gasteiger partial charge in [0, 0.05) is 11.1 Å². The minimum atomic E-state index is 0.0165.